The Hall–Kier alpha value is -0.570. The summed E-state index contributed by atoms with van der Waals surface area (Å²) in [7, 11) is 0. The second kappa shape index (κ2) is 21.5. The summed E-state index contributed by atoms with van der Waals surface area (Å²) in [5.41, 5.74) is 0. The average molecular weight is 356 g/mol. The van der Waals surface area contributed by atoms with Crippen LogP contribution in [0.2, 0.25) is 0 Å². The first-order valence-corrected chi connectivity index (χ1v) is 11.1. The van der Waals surface area contributed by atoms with Crippen molar-refractivity contribution in [1.29, 1.82) is 0 Å². The van der Waals surface area contributed by atoms with E-state index in [2.05, 4.69) is 18.7 Å². The molecule has 0 amide bonds. The van der Waals surface area contributed by atoms with Gasteiger partial charge >= 0.3 is 0 Å². The van der Waals surface area contributed by atoms with Crippen molar-refractivity contribution in [3.8, 4) is 0 Å². The molecule has 3 heteroatoms. The van der Waals surface area contributed by atoms with Gasteiger partial charge in [0.1, 0.15) is 0 Å². The zero-order chi connectivity index (χ0) is 18.4. The molecule has 0 aromatic heterocycles. The molecule has 0 aliphatic heterocycles. The standard InChI is InChI=1S/C22H45NO2/c1-3-5-14-18-23(19-15-6-4-2)20-16-12-10-8-7-9-11-13-17-21-25-22-24/h22H,3-21H2,1-2H3. The van der Waals surface area contributed by atoms with Crippen molar-refractivity contribution in [3.63, 3.8) is 0 Å². The van der Waals surface area contributed by atoms with Gasteiger partial charge < -0.3 is 9.64 Å². The van der Waals surface area contributed by atoms with Crippen LogP contribution in [0, 0.1) is 0 Å². The van der Waals surface area contributed by atoms with Gasteiger partial charge in [0, 0.05) is 0 Å². The summed E-state index contributed by atoms with van der Waals surface area (Å²) >= 11 is 0. The minimum atomic E-state index is 0.550. The monoisotopic (exact) mass is 355 g/mol. The van der Waals surface area contributed by atoms with Gasteiger partial charge in [-0.1, -0.05) is 84.5 Å². The van der Waals surface area contributed by atoms with Gasteiger partial charge in [-0.25, -0.2) is 0 Å². The fourth-order valence-corrected chi connectivity index (χ4v) is 3.31. The molecular weight excluding hydrogens is 310 g/mol. The minimum absolute atomic E-state index is 0.550. The molecule has 0 spiro atoms. The fourth-order valence-electron chi connectivity index (χ4n) is 3.31. The van der Waals surface area contributed by atoms with Crippen molar-refractivity contribution in [1.82, 2.24) is 4.90 Å². The van der Waals surface area contributed by atoms with Crippen LogP contribution >= 0.6 is 0 Å². The largest absolute Gasteiger partial charge is 0.468 e. The first kappa shape index (κ1) is 24.4. The van der Waals surface area contributed by atoms with Crippen LogP contribution in [0.3, 0.4) is 0 Å². The Labute approximate surface area is 157 Å². The van der Waals surface area contributed by atoms with E-state index in [4.69, 9.17) is 4.74 Å². The zero-order valence-corrected chi connectivity index (χ0v) is 17.3. The maximum absolute atomic E-state index is 10.0. The van der Waals surface area contributed by atoms with Crippen LogP contribution in [-0.2, 0) is 9.53 Å². The predicted molar refractivity (Wildman–Crippen MR) is 109 cm³/mol. The first-order valence-electron chi connectivity index (χ1n) is 11.1. The molecule has 3 nitrogen and oxygen atoms in total. The average Bonchev–Trinajstić information content (AvgIpc) is 2.62. The number of nitrogens with zero attached hydrogens (tertiary/aromatic N) is 1. The summed E-state index contributed by atoms with van der Waals surface area (Å²) in [6, 6.07) is 0. The van der Waals surface area contributed by atoms with Crippen molar-refractivity contribution in [2.75, 3.05) is 26.2 Å². The van der Waals surface area contributed by atoms with E-state index in [1.165, 1.54) is 110 Å². The summed E-state index contributed by atoms with van der Waals surface area (Å²) < 4.78 is 4.70. The van der Waals surface area contributed by atoms with Gasteiger partial charge in [0.05, 0.1) is 6.61 Å². The van der Waals surface area contributed by atoms with E-state index in [9.17, 15) is 4.79 Å². The van der Waals surface area contributed by atoms with Gasteiger partial charge in [-0.2, -0.15) is 0 Å². The molecule has 0 saturated carbocycles. The quantitative estimate of drug-likeness (QED) is 0.177. The Bertz CT molecular complexity index is 248. The molecule has 0 aliphatic carbocycles. The van der Waals surface area contributed by atoms with Crippen molar-refractivity contribution < 1.29 is 9.53 Å². The van der Waals surface area contributed by atoms with E-state index < -0.39 is 0 Å². The second-order valence-corrected chi connectivity index (χ2v) is 7.40. The lowest BCUT2D eigenvalue weighted by Gasteiger charge is -2.22. The second-order valence-electron chi connectivity index (χ2n) is 7.40. The minimum Gasteiger partial charge on any atom is -0.468 e. The van der Waals surface area contributed by atoms with Crippen molar-refractivity contribution >= 4 is 6.47 Å². The van der Waals surface area contributed by atoms with E-state index in [0.717, 1.165) is 6.42 Å². The molecule has 150 valence electrons. The Balaban J connectivity index is 3.45. The predicted octanol–water partition coefficient (Wildman–Crippen LogP) is 6.35. The molecule has 0 rings (SSSR count). The SMILES string of the molecule is CCCCCN(CCCCC)CCCCCCCCCCCOC=O. The molecule has 0 aromatic carbocycles. The van der Waals surface area contributed by atoms with Crippen LogP contribution in [-0.4, -0.2) is 37.6 Å². The number of carbonyl (C=O) groups is 1. The van der Waals surface area contributed by atoms with Crippen LogP contribution in [0.25, 0.3) is 0 Å². The Morgan fingerprint density at radius 1 is 0.600 bits per heavy atom. The molecule has 0 heterocycles. The summed E-state index contributed by atoms with van der Waals surface area (Å²) in [6.45, 7) is 9.66. The van der Waals surface area contributed by atoms with Gasteiger partial charge in [0.15, 0.2) is 0 Å². The van der Waals surface area contributed by atoms with Gasteiger partial charge in [-0.3, -0.25) is 4.79 Å². The van der Waals surface area contributed by atoms with Crippen LogP contribution in [0.4, 0.5) is 0 Å². The van der Waals surface area contributed by atoms with E-state index in [0.29, 0.717) is 13.1 Å². The summed E-state index contributed by atoms with van der Waals surface area (Å²) in [5, 5.41) is 0. The number of unbranched alkanes of at least 4 members (excludes halogenated alkanes) is 12. The summed E-state index contributed by atoms with van der Waals surface area (Å²) in [4.78, 5) is 12.7. The lowest BCUT2D eigenvalue weighted by Crippen LogP contribution is -2.27. The van der Waals surface area contributed by atoms with E-state index in [1.807, 2.05) is 0 Å². The maximum atomic E-state index is 10.0. The van der Waals surface area contributed by atoms with Gasteiger partial charge in [0.2, 0.25) is 0 Å². The maximum Gasteiger partial charge on any atom is 0.293 e. The lowest BCUT2D eigenvalue weighted by molar-refractivity contribution is -0.128. The topological polar surface area (TPSA) is 29.5 Å². The molecule has 0 aromatic rings. The normalized spacial score (nSPS) is 11.2. The first-order chi connectivity index (χ1) is 12.3. The fraction of sp³-hybridized carbons (Fsp3) is 0.955. The lowest BCUT2D eigenvalue weighted by atomic mass is 10.1. The highest BCUT2D eigenvalue weighted by Crippen LogP contribution is 2.11. The Morgan fingerprint density at radius 2 is 1.00 bits per heavy atom. The molecule has 0 bridgehead atoms. The van der Waals surface area contributed by atoms with Crippen LogP contribution in [0.1, 0.15) is 110 Å². The molecule has 0 aliphatic rings. The molecule has 0 radical (unpaired) electrons. The number of hydrogen-bond acceptors (Lipinski definition) is 3. The zero-order valence-electron chi connectivity index (χ0n) is 17.3. The molecule has 25 heavy (non-hydrogen) atoms. The van der Waals surface area contributed by atoms with E-state index >= 15 is 0 Å². The molecule has 0 saturated heterocycles. The molecule has 0 unspecified atom stereocenters. The summed E-state index contributed by atoms with van der Waals surface area (Å²) in [6.07, 6.45) is 19.9. The van der Waals surface area contributed by atoms with E-state index in [-0.39, 0.29) is 0 Å². The van der Waals surface area contributed by atoms with E-state index in [1.54, 1.807) is 0 Å². The number of hydrogen-bond donors (Lipinski definition) is 0. The van der Waals surface area contributed by atoms with Crippen LogP contribution < -0.4 is 0 Å². The number of carbonyl (C=O) groups excluding carboxylic acids is 1. The van der Waals surface area contributed by atoms with Gasteiger partial charge in [-0.15, -0.1) is 0 Å². The highest BCUT2D eigenvalue weighted by atomic mass is 16.5. The van der Waals surface area contributed by atoms with Crippen LogP contribution in [0.15, 0.2) is 0 Å². The Kier molecular flexibility index (Phi) is 21.0. The number of rotatable bonds is 21. The van der Waals surface area contributed by atoms with Crippen molar-refractivity contribution in [2.45, 2.75) is 110 Å². The van der Waals surface area contributed by atoms with Gasteiger partial charge in [-0.05, 0) is 45.3 Å². The van der Waals surface area contributed by atoms with Gasteiger partial charge in [0.25, 0.3) is 6.47 Å². The summed E-state index contributed by atoms with van der Waals surface area (Å²) in [5.74, 6) is 0. The van der Waals surface area contributed by atoms with Crippen molar-refractivity contribution in [2.24, 2.45) is 0 Å². The number of ether oxygens (including phenoxy) is 1. The molecule has 0 atom stereocenters. The van der Waals surface area contributed by atoms with Crippen LogP contribution in [0.5, 0.6) is 0 Å². The third-order valence-electron chi connectivity index (χ3n) is 4.96. The highest BCUT2D eigenvalue weighted by Gasteiger charge is 2.04. The highest BCUT2D eigenvalue weighted by molar-refractivity contribution is 5.36. The third-order valence-corrected chi connectivity index (χ3v) is 4.96. The molecular formula is C22H45NO2. The Morgan fingerprint density at radius 3 is 1.44 bits per heavy atom. The third kappa shape index (κ3) is 19.6. The van der Waals surface area contributed by atoms with Crippen molar-refractivity contribution in [3.05, 3.63) is 0 Å². The molecule has 0 N–H and O–H groups in total. The molecule has 0 fully saturated rings. The smallest absolute Gasteiger partial charge is 0.293 e.